The van der Waals surface area contributed by atoms with Gasteiger partial charge in [0.2, 0.25) is 0 Å². The van der Waals surface area contributed by atoms with Gasteiger partial charge >= 0.3 is 0 Å². The van der Waals surface area contributed by atoms with Crippen LogP contribution in [0.5, 0.6) is 0 Å². The Balaban J connectivity index is 2.03. The van der Waals surface area contributed by atoms with Gasteiger partial charge in [-0.1, -0.05) is 17.7 Å². The number of carbonyl (C=O) groups is 1. The Morgan fingerprint density at radius 2 is 2.20 bits per heavy atom. The standard InChI is InChI=1S/C14H13ClFN3O/c1-9-6-11(16)3-2-10(9)4-5-17-14-12(7-20)13(15)18-8-19-14/h2-3,6-8H,4-5H2,1H3,(H,17,18,19). The number of aldehydes is 1. The van der Waals surface area contributed by atoms with E-state index in [0.29, 0.717) is 25.1 Å². The van der Waals surface area contributed by atoms with Crippen LogP contribution >= 0.6 is 11.6 Å². The van der Waals surface area contributed by atoms with E-state index < -0.39 is 0 Å². The fourth-order valence-corrected chi connectivity index (χ4v) is 2.05. The Labute approximate surface area is 121 Å². The van der Waals surface area contributed by atoms with Gasteiger partial charge in [-0.15, -0.1) is 0 Å². The van der Waals surface area contributed by atoms with Gasteiger partial charge in [0.25, 0.3) is 0 Å². The van der Waals surface area contributed by atoms with Gasteiger partial charge in [0, 0.05) is 6.54 Å². The molecule has 104 valence electrons. The third-order valence-corrected chi connectivity index (χ3v) is 3.25. The van der Waals surface area contributed by atoms with Crippen molar-refractivity contribution < 1.29 is 9.18 Å². The molecule has 1 N–H and O–H groups in total. The molecule has 0 bridgehead atoms. The van der Waals surface area contributed by atoms with Crippen LogP contribution in [0.25, 0.3) is 0 Å². The monoisotopic (exact) mass is 293 g/mol. The fraction of sp³-hybridized carbons (Fsp3) is 0.214. The van der Waals surface area contributed by atoms with Crippen molar-refractivity contribution in [3.05, 3.63) is 52.2 Å². The summed E-state index contributed by atoms with van der Waals surface area (Å²) in [6, 6.07) is 4.68. The van der Waals surface area contributed by atoms with E-state index in [4.69, 9.17) is 11.6 Å². The van der Waals surface area contributed by atoms with E-state index in [9.17, 15) is 9.18 Å². The maximum Gasteiger partial charge on any atom is 0.156 e. The summed E-state index contributed by atoms with van der Waals surface area (Å²) in [5.41, 5.74) is 2.17. The summed E-state index contributed by atoms with van der Waals surface area (Å²) in [5.74, 6) is 0.157. The zero-order valence-corrected chi connectivity index (χ0v) is 11.6. The van der Waals surface area contributed by atoms with Gasteiger partial charge in [-0.05, 0) is 36.6 Å². The van der Waals surface area contributed by atoms with Gasteiger partial charge < -0.3 is 5.32 Å². The van der Waals surface area contributed by atoms with Gasteiger partial charge in [-0.3, -0.25) is 4.79 Å². The Kier molecular flexibility index (Phi) is 4.63. The maximum absolute atomic E-state index is 13.0. The average molecular weight is 294 g/mol. The first-order valence-electron chi connectivity index (χ1n) is 6.06. The average Bonchev–Trinajstić information content (AvgIpc) is 2.41. The SMILES string of the molecule is Cc1cc(F)ccc1CCNc1ncnc(Cl)c1C=O. The summed E-state index contributed by atoms with van der Waals surface area (Å²) in [6.45, 7) is 2.41. The van der Waals surface area contributed by atoms with Crippen LogP contribution in [0.1, 0.15) is 21.5 Å². The smallest absolute Gasteiger partial charge is 0.156 e. The zero-order chi connectivity index (χ0) is 14.5. The Morgan fingerprint density at radius 3 is 2.90 bits per heavy atom. The highest BCUT2D eigenvalue weighted by Crippen LogP contribution is 2.17. The highest BCUT2D eigenvalue weighted by Gasteiger charge is 2.08. The van der Waals surface area contributed by atoms with Crippen LogP contribution < -0.4 is 5.32 Å². The lowest BCUT2D eigenvalue weighted by molar-refractivity contribution is 0.112. The van der Waals surface area contributed by atoms with Gasteiger partial charge in [0.1, 0.15) is 23.1 Å². The summed E-state index contributed by atoms with van der Waals surface area (Å²) >= 11 is 5.80. The summed E-state index contributed by atoms with van der Waals surface area (Å²) in [5, 5.41) is 3.16. The minimum Gasteiger partial charge on any atom is -0.369 e. The van der Waals surface area contributed by atoms with Crippen molar-refractivity contribution >= 4 is 23.7 Å². The van der Waals surface area contributed by atoms with Crippen molar-refractivity contribution in [2.45, 2.75) is 13.3 Å². The minimum atomic E-state index is -0.245. The minimum absolute atomic E-state index is 0.121. The molecule has 2 aromatic rings. The second kappa shape index (κ2) is 6.43. The molecule has 0 radical (unpaired) electrons. The van der Waals surface area contributed by atoms with Crippen LogP contribution in [0.15, 0.2) is 24.5 Å². The summed E-state index contributed by atoms with van der Waals surface area (Å²) in [6.07, 6.45) is 2.60. The lowest BCUT2D eigenvalue weighted by Gasteiger charge is -2.09. The molecule has 4 nitrogen and oxygen atoms in total. The zero-order valence-electron chi connectivity index (χ0n) is 10.9. The molecule has 0 unspecified atom stereocenters. The highest BCUT2D eigenvalue weighted by molar-refractivity contribution is 6.32. The van der Waals surface area contributed by atoms with Crippen LogP contribution in [0, 0.1) is 12.7 Å². The van der Waals surface area contributed by atoms with E-state index in [1.165, 1.54) is 18.5 Å². The molecule has 0 saturated carbocycles. The van der Waals surface area contributed by atoms with Gasteiger partial charge in [0.05, 0.1) is 5.56 Å². The van der Waals surface area contributed by atoms with Crippen molar-refractivity contribution in [3.8, 4) is 0 Å². The maximum atomic E-state index is 13.0. The lowest BCUT2D eigenvalue weighted by atomic mass is 10.1. The van der Waals surface area contributed by atoms with E-state index in [2.05, 4.69) is 15.3 Å². The molecule has 0 atom stereocenters. The van der Waals surface area contributed by atoms with E-state index >= 15 is 0 Å². The number of nitrogens with zero attached hydrogens (tertiary/aromatic N) is 2. The van der Waals surface area contributed by atoms with Gasteiger partial charge in [0.15, 0.2) is 6.29 Å². The van der Waals surface area contributed by atoms with Crippen LogP contribution in [-0.4, -0.2) is 22.8 Å². The third kappa shape index (κ3) is 3.30. The number of halogens is 2. The molecule has 1 aromatic carbocycles. The largest absolute Gasteiger partial charge is 0.369 e. The molecule has 0 aliphatic rings. The van der Waals surface area contributed by atoms with Crippen LogP contribution in [0.2, 0.25) is 5.15 Å². The second-order valence-electron chi connectivity index (χ2n) is 4.29. The highest BCUT2D eigenvalue weighted by atomic mass is 35.5. The molecule has 0 fully saturated rings. The quantitative estimate of drug-likeness (QED) is 0.680. The summed E-state index contributed by atoms with van der Waals surface area (Å²) in [4.78, 5) is 18.6. The fourth-order valence-electron chi connectivity index (χ4n) is 1.87. The number of benzene rings is 1. The second-order valence-corrected chi connectivity index (χ2v) is 4.65. The predicted octanol–water partition coefficient (Wildman–Crippen LogP) is 3.04. The number of rotatable bonds is 5. The first-order valence-corrected chi connectivity index (χ1v) is 6.44. The van der Waals surface area contributed by atoms with Crippen molar-refractivity contribution in [1.29, 1.82) is 0 Å². The van der Waals surface area contributed by atoms with Crippen LogP contribution in [-0.2, 0) is 6.42 Å². The van der Waals surface area contributed by atoms with E-state index in [1.54, 1.807) is 6.07 Å². The van der Waals surface area contributed by atoms with Gasteiger partial charge in [-0.25, -0.2) is 14.4 Å². The van der Waals surface area contributed by atoms with Gasteiger partial charge in [-0.2, -0.15) is 0 Å². The number of hydrogen-bond acceptors (Lipinski definition) is 4. The normalized spacial score (nSPS) is 10.3. The number of aromatic nitrogens is 2. The molecule has 1 aromatic heterocycles. The van der Waals surface area contributed by atoms with E-state index in [-0.39, 0.29) is 16.5 Å². The lowest BCUT2D eigenvalue weighted by Crippen LogP contribution is -2.10. The number of carbonyl (C=O) groups excluding carboxylic acids is 1. The number of aryl methyl sites for hydroxylation is 1. The molecular formula is C14H13ClFN3O. The molecule has 2 rings (SSSR count). The summed E-state index contributed by atoms with van der Waals surface area (Å²) in [7, 11) is 0. The van der Waals surface area contributed by atoms with Crippen molar-refractivity contribution in [1.82, 2.24) is 9.97 Å². The molecule has 1 heterocycles. The van der Waals surface area contributed by atoms with Crippen LogP contribution in [0.3, 0.4) is 0 Å². The number of nitrogens with one attached hydrogen (secondary N) is 1. The first kappa shape index (κ1) is 14.4. The van der Waals surface area contributed by atoms with Crippen LogP contribution in [0.4, 0.5) is 10.2 Å². The third-order valence-electron chi connectivity index (χ3n) is 2.94. The summed E-state index contributed by atoms with van der Waals surface area (Å²) < 4.78 is 13.0. The Morgan fingerprint density at radius 1 is 1.40 bits per heavy atom. The molecule has 6 heteroatoms. The molecule has 0 aliphatic heterocycles. The first-order chi connectivity index (χ1) is 9.61. The molecule has 0 aliphatic carbocycles. The topological polar surface area (TPSA) is 54.9 Å². The Bertz CT molecular complexity index is 634. The van der Waals surface area contributed by atoms with Crippen molar-refractivity contribution in [3.63, 3.8) is 0 Å². The predicted molar refractivity (Wildman–Crippen MR) is 75.8 cm³/mol. The molecule has 0 saturated heterocycles. The van der Waals surface area contributed by atoms with Crippen molar-refractivity contribution in [2.75, 3.05) is 11.9 Å². The molecule has 20 heavy (non-hydrogen) atoms. The van der Waals surface area contributed by atoms with Crippen molar-refractivity contribution in [2.24, 2.45) is 0 Å². The Hall–Kier alpha value is -2.01. The number of anilines is 1. The van der Waals surface area contributed by atoms with E-state index in [1.807, 2.05) is 6.92 Å². The molecular weight excluding hydrogens is 281 g/mol. The van der Waals surface area contributed by atoms with E-state index in [0.717, 1.165) is 11.1 Å². The number of hydrogen-bond donors (Lipinski definition) is 1. The molecule has 0 spiro atoms. The molecule has 0 amide bonds.